The lowest BCUT2D eigenvalue weighted by atomic mass is 10.0. The second-order valence-corrected chi connectivity index (χ2v) is 5.34. The topological polar surface area (TPSA) is 61.4 Å². The summed E-state index contributed by atoms with van der Waals surface area (Å²) >= 11 is 0. The second kappa shape index (κ2) is 5.48. The van der Waals surface area contributed by atoms with E-state index in [0.29, 0.717) is 5.56 Å². The van der Waals surface area contributed by atoms with E-state index in [1.165, 1.54) is 0 Å². The highest BCUT2D eigenvalue weighted by Gasteiger charge is 2.16. The van der Waals surface area contributed by atoms with Gasteiger partial charge in [-0.05, 0) is 55.2 Å². The van der Waals surface area contributed by atoms with Gasteiger partial charge in [0.05, 0.1) is 5.56 Å². The monoisotopic (exact) mass is 282 g/mol. The molecule has 0 saturated heterocycles. The molecule has 4 heteroatoms. The fourth-order valence-corrected chi connectivity index (χ4v) is 2.65. The molecule has 0 radical (unpaired) electrons. The number of hydrogen-bond acceptors (Lipinski definition) is 3. The van der Waals surface area contributed by atoms with Crippen molar-refractivity contribution in [3.63, 3.8) is 0 Å². The molecule has 21 heavy (non-hydrogen) atoms. The van der Waals surface area contributed by atoms with Crippen molar-refractivity contribution in [2.24, 2.45) is 0 Å². The molecule has 1 heterocycles. The summed E-state index contributed by atoms with van der Waals surface area (Å²) in [4.78, 5) is 12.3. The van der Waals surface area contributed by atoms with E-state index < -0.39 is 0 Å². The molecule has 1 aliphatic rings. The lowest BCUT2D eigenvalue weighted by Crippen LogP contribution is -2.17. The van der Waals surface area contributed by atoms with Crippen LogP contribution in [0.25, 0.3) is 0 Å². The van der Waals surface area contributed by atoms with Gasteiger partial charge in [-0.15, -0.1) is 0 Å². The number of fused-ring (bicyclic) bond motifs is 1. The predicted molar refractivity (Wildman–Crippen MR) is 84.0 cm³/mol. The van der Waals surface area contributed by atoms with Crippen LogP contribution in [-0.4, -0.2) is 17.6 Å². The van der Waals surface area contributed by atoms with Crippen LogP contribution in [0.15, 0.2) is 36.4 Å². The number of hydrogen-bond donors (Lipinski definition) is 3. The van der Waals surface area contributed by atoms with E-state index >= 15 is 0 Å². The van der Waals surface area contributed by atoms with Gasteiger partial charge in [0.15, 0.2) is 0 Å². The van der Waals surface area contributed by atoms with Crippen LogP contribution in [-0.2, 0) is 6.42 Å². The zero-order valence-electron chi connectivity index (χ0n) is 11.9. The number of phenols is 1. The van der Waals surface area contributed by atoms with Crippen molar-refractivity contribution in [2.75, 3.05) is 17.2 Å². The van der Waals surface area contributed by atoms with E-state index in [9.17, 15) is 9.90 Å². The summed E-state index contributed by atoms with van der Waals surface area (Å²) in [5.74, 6) is -0.276. The molecule has 0 unspecified atom stereocenters. The van der Waals surface area contributed by atoms with Gasteiger partial charge < -0.3 is 15.7 Å². The number of aromatic hydroxyl groups is 1. The fraction of sp³-hybridized carbons (Fsp3) is 0.235. The lowest BCUT2D eigenvalue weighted by molar-refractivity contribution is 0.102. The van der Waals surface area contributed by atoms with Gasteiger partial charge in [0, 0.05) is 17.9 Å². The first-order chi connectivity index (χ1) is 10.1. The van der Waals surface area contributed by atoms with Gasteiger partial charge >= 0.3 is 0 Å². The van der Waals surface area contributed by atoms with E-state index in [1.54, 1.807) is 12.1 Å². The first-order valence-corrected chi connectivity index (χ1v) is 7.12. The third-order valence-corrected chi connectivity index (χ3v) is 3.74. The number of phenolic OH excluding ortho intramolecular Hbond substituents is 1. The van der Waals surface area contributed by atoms with Gasteiger partial charge in [-0.2, -0.15) is 0 Å². The van der Waals surface area contributed by atoms with Crippen LogP contribution in [0.4, 0.5) is 11.4 Å². The number of nitrogens with one attached hydrogen (secondary N) is 2. The third-order valence-electron chi connectivity index (χ3n) is 3.74. The van der Waals surface area contributed by atoms with Crippen molar-refractivity contribution in [1.29, 1.82) is 0 Å². The average molecular weight is 282 g/mol. The third kappa shape index (κ3) is 2.70. The standard InChI is InChI=1S/C17H18N2O2/c1-11-7-8-13(16(20)10-11)17(21)19-15-6-2-5-14-12(15)4-3-9-18-14/h2,5-8,10,18,20H,3-4,9H2,1H3,(H,19,21). The molecule has 0 spiro atoms. The Morgan fingerprint density at radius 2 is 2.14 bits per heavy atom. The first-order valence-electron chi connectivity index (χ1n) is 7.12. The Balaban J connectivity index is 1.88. The van der Waals surface area contributed by atoms with Crippen LogP contribution < -0.4 is 10.6 Å². The molecule has 2 aromatic carbocycles. The van der Waals surface area contributed by atoms with E-state index in [0.717, 1.165) is 41.9 Å². The quantitative estimate of drug-likeness (QED) is 0.792. The molecule has 1 amide bonds. The lowest BCUT2D eigenvalue weighted by Gasteiger charge is -2.21. The van der Waals surface area contributed by atoms with Gasteiger partial charge in [0.2, 0.25) is 0 Å². The smallest absolute Gasteiger partial charge is 0.259 e. The fourth-order valence-electron chi connectivity index (χ4n) is 2.65. The first kappa shape index (κ1) is 13.5. The van der Waals surface area contributed by atoms with E-state index in [-0.39, 0.29) is 11.7 Å². The van der Waals surface area contributed by atoms with Crippen LogP contribution >= 0.6 is 0 Å². The summed E-state index contributed by atoms with van der Waals surface area (Å²) in [6.45, 7) is 2.84. The predicted octanol–water partition coefficient (Wildman–Crippen LogP) is 3.31. The van der Waals surface area contributed by atoms with Crippen molar-refractivity contribution in [3.05, 3.63) is 53.1 Å². The Morgan fingerprint density at radius 1 is 1.29 bits per heavy atom. The van der Waals surface area contributed by atoms with Gasteiger partial charge in [-0.25, -0.2) is 0 Å². The van der Waals surface area contributed by atoms with E-state index in [2.05, 4.69) is 10.6 Å². The maximum Gasteiger partial charge on any atom is 0.259 e. The van der Waals surface area contributed by atoms with Crippen molar-refractivity contribution in [1.82, 2.24) is 0 Å². The summed E-state index contributed by atoms with van der Waals surface area (Å²) in [6, 6.07) is 10.9. The molecule has 2 aromatic rings. The minimum Gasteiger partial charge on any atom is -0.507 e. The molecule has 4 nitrogen and oxygen atoms in total. The number of anilines is 2. The Hall–Kier alpha value is -2.49. The summed E-state index contributed by atoms with van der Waals surface area (Å²) in [5.41, 5.74) is 4.23. The molecule has 108 valence electrons. The average Bonchev–Trinajstić information content (AvgIpc) is 2.47. The number of amides is 1. The molecule has 0 atom stereocenters. The Kier molecular flexibility index (Phi) is 3.52. The number of carbonyl (C=O) groups excluding carboxylic acids is 1. The minimum atomic E-state index is -0.286. The summed E-state index contributed by atoms with van der Waals surface area (Å²) in [6.07, 6.45) is 1.99. The molecule has 0 bridgehead atoms. The second-order valence-electron chi connectivity index (χ2n) is 5.34. The molecule has 0 aliphatic carbocycles. The maximum absolute atomic E-state index is 12.3. The van der Waals surface area contributed by atoms with Gasteiger partial charge in [0.25, 0.3) is 5.91 Å². The molecule has 0 saturated carbocycles. The summed E-state index contributed by atoms with van der Waals surface area (Å²) in [5, 5.41) is 16.1. The molecule has 0 aromatic heterocycles. The van der Waals surface area contributed by atoms with Crippen molar-refractivity contribution in [3.8, 4) is 5.75 Å². The summed E-state index contributed by atoms with van der Waals surface area (Å²) < 4.78 is 0. The van der Waals surface area contributed by atoms with Gasteiger partial charge in [-0.1, -0.05) is 12.1 Å². The molecule has 3 N–H and O–H groups in total. The Morgan fingerprint density at radius 3 is 2.95 bits per heavy atom. The number of benzene rings is 2. The number of aryl methyl sites for hydroxylation is 1. The molecule has 1 aliphatic heterocycles. The maximum atomic E-state index is 12.3. The minimum absolute atomic E-state index is 0.00965. The zero-order chi connectivity index (χ0) is 14.8. The Bertz CT molecular complexity index is 695. The SMILES string of the molecule is Cc1ccc(C(=O)Nc2cccc3c2CCCN3)c(O)c1. The van der Waals surface area contributed by atoms with Crippen LogP contribution in [0.3, 0.4) is 0 Å². The summed E-state index contributed by atoms with van der Waals surface area (Å²) in [7, 11) is 0. The van der Waals surface area contributed by atoms with Crippen LogP contribution in [0, 0.1) is 6.92 Å². The Labute approximate surface area is 123 Å². The highest BCUT2D eigenvalue weighted by Crippen LogP contribution is 2.29. The normalized spacial score (nSPS) is 13.2. The number of carbonyl (C=O) groups is 1. The van der Waals surface area contributed by atoms with Gasteiger partial charge in [-0.3, -0.25) is 4.79 Å². The van der Waals surface area contributed by atoms with Gasteiger partial charge in [0.1, 0.15) is 5.75 Å². The van der Waals surface area contributed by atoms with E-state index in [1.807, 2.05) is 31.2 Å². The van der Waals surface area contributed by atoms with Crippen LogP contribution in [0.2, 0.25) is 0 Å². The molecular weight excluding hydrogens is 264 g/mol. The highest BCUT2D eigenvalue weighted by atomic mass is 16.3. The van der Waals surface area contributed by atoms with Crippen molar-refractivity contribution in [2.45, 2.75) is 19.8 Å². The van der Waals surface area contributed by atoms with Crippen LogP contribution in [0.5, 0.6) is 5.75 Å². The largest absolute Gasteiger partial charge is 0.507 e. The van der Waals surface area contributed by atoms with Crippen molar-refractivity contribution >= 4 is 17.3 Å². The molecular formula is C17H18N2O2. The van der Waals surface area contributed by atoms with Crippen LogP contribution in [0.1, 0.15) is 27.9 Å². The zero-order valence-corrected chi connectivity index (χ0v) is 11.9. The van der Waals surface area contributed by atoms with E-state index in [4.69, 9.17) is 0 Å². The van der Waals surface area contributed by atoms with Crippen molar-refractivity contribution < 1.29 is 9.90 Å². The molecule has 0 fully saturated rings. The molecule has 3 rings (SSSR count). The highest BCUT2D eigenvalue weighted by molar-refractivity contribution is 6.06. The number of rotatable bonds is 2.